The van der Waals surface area contributed by atoms with Gasteiger partial charge in [0.1, 0.15) is 5.82 Å². The molecule has 0 radical (unpaired) electrons. The van der Waals surface area contributed by atoms with E-state index in [9.17, 15) is 9.18 Å². The number of carbonyl (C=O) groups is 1. The van der Waals surface area contributed by atoms with Crippen LogP contribution >= 0.6 is 15.9 Å². The number of hydrogen-bond acceptors (Lipinski definition) is 3. The largest absolute Gasteiger partial charge is 0.350 e. The Kier molecular flexibility index (Phi) is 4.54. The molecule has 0 atom stereocenters. The lowest BCUT2D eigenvalue weighted by atomic mass is 10.1. The smallest absolute Gasteiger partial charge is 0.272 e. The van der Waals surface area contributed by atoms with Crippen LogP contribution < -0.4 is 10.6 Å². The molecule has 5 nitrogen and oxygen atoms in total. The van der Waals surface area contributed by atoms with Gasteiger partial charge in [0.15, 0.2) is 5.69 Å². The molecular weight excluding hydrogens is 351 g/mol. The molecule has 116 valence electrons. The van der Waals surface area contributed by atoms with Crippen LogP contribution in [0.4, 0.5) is 4.39 Å². The van der Waals surface area contributed by atoms with Crippen LogP contribution in [0.1, 0.15) is 27.3 Å². The number of rotatable bonds is 4. The second kappa shape index (κ2) is 6.58. The summed E-state index contributed by atoms with van der Waals surface area (Å²) in [6.45, 7) is 2.04. The number of halogens is 2. The van der Waals surface area contributed by atoms with Crippen molar-refractivity contribution in [2.75, 3.05) is 13.1 Å². The van der Waals surface area contributed by atoms with E-state index >= 15 is 0 Å². The summed E-state index contributed by atoms with van der Waals surface area (Å²) in [6, 6.07) is 4.85. The molecule has 0 saturated carbocycles. The van der Waals surface area contributed by atoms with Gasteiger partial charge in [-0.25, -0.2) is 4.39 Å². The van der Waals surface area contributed by atoms with Gasteiger partial charge in [-0.05, 0) is 40.0 Å². The summed E-state index contributed by atoms with van der Waals surface area (Å²) in [5.41, 5.74) is 3.40. The first kappa shape index (κ1) is 15.2. The topological polar surface area (TPSA) is 69.8 Å². The SMILES string of the molecule is O=C(NCCc1ccc(F)c(Br)c1)c1n[nH]c2c1CNCC2. The minimum atomic E-state index is -0.288. The van der Waals surface area contributed by atoms with E-state index in [0.29, 0.717) is 29.7 Å². The van der Waals surface area contributed by atoms with Crippen molar-refractivity contribution in [2.45, 2.75) is 19.4 Å². The number of amides is 1. The highest BCUT2D eigenvalue weighted by atomic mass is 79.9. The molecule has 0 fully saturated rings. The van der Waals surface area contributed by atoms with Gasteiger partial charge in [-0.15, -0.1) is 0 Å². The van der Waals surface area contributed by atoms with E-state index in [4.69, 9.17) is 0 Å². The zero-order valence-corrected chi connectivity index (χ0v) is 13.5. The maximum Gasteiger partial charge on any atom is 0.272 e. The predicted molar refractivity (Wildman–Crippen MR) is 84.1 cm³/mol. The fraction of sp³-hybridized carbons (Fsp3) is 0.333. The number of aromatic nitrogens is 2. The Balaban J connectivity index is 1.58. The van der Waals surface area contributed by atoms with E-state index < -0.39 is 0 Å². The van der Waals surface area contributed by atoms with Gasteiger partial charge in [-0.1, -0.05) is 6.07 Å². The highest BCUT2D eigenvalue weighted by Gasteiger charge is 2.21. The van der Waals surface area contributed by atoms with Crippen LogP contribution in [0.2, 0.25) is 0 Å². The van der Waals surface area contributed by atoms with Crippen LogP contribution in [0.5, 0.6) is 0 Å². The number of nitrogens with zero attached hydrogens (tertiary/aromatic N) is 1. The molecule has 2 heterocycles. The Morgan fingerprint density at radius 3 is 3.14 bits per heavy atom. The minimum absolute atomic E-state index is 0.178. The van der Waals surface area contributed by atoms with E-state index in [1.54, 1.807) is 12.1 Å². The van der Waals surface area contributed by atoms with Gasteiger partial charge in [0.25, 0.3) is 5.91 Å². The summed E-state index contributed by atoms with van der Waals surface area (Å²) in [5.74, 6) is -0.467. The zero-order valence-electron chi connectivity index (χ0n) is 11.9. The van der Waals surface area contributed by atoms with Crippen molar-refractivity contribution in [3.05, 3.63) is 51.0 Å². The van der Waals surface area contributed by atoms with Gasteiger partial charge in [0.2, 0.25) is 0 Å². The third-order valence-electron chi connectivity index (χ3n) is 3.70. The molecule has 1 aliphatic heterocycles. The lowest BCUT2D eigenvalue weighted by molar-refractivity contribution is 0.0948. The van der Waals surface area contributed by atoms with Crippen molar-refractivity contribution in [3.8, 4) is 0 Å². The Morgan fingerprint density at radius 1 is 1.45 bits per heavy atom. The first-order valence-corrected chi connectivity index (χ1v) is 7.93. The zero-order chi connectivity index (χ0) is 15.5. The quantitative estimate of drug-likeness (QED) is 0.774. The van der Waals surface area contributed by atoms with Gasteiger partial charge in [0.05, 0.1) is 4.47 Å². The monoisotopic (exact) mass is 366 g/mol. The van der Waals surface area contributed by atoms with Crippen LogP contribution in [0.3, 0.4) is 0 Å². The van der Waals surface area contributed by atoms with E-state index in [0.717, 1.165) is 29.8 Å². The van der Waals surface area contributed by atoms with Gasteiger partial charge < -0.3 is 10.6 Å². The molecule has 0 unspecified atom stereocenters. The Hall–Kier alpha value is -1.73. The van der Waals surface area contributed by atoms with Crippen LogP contribution in [-0.4, -0.2) is 29.2 Å². The molecular formula is C15H16BrFN4O. The molecule has 1 amide bonds. The van der Waals surface area contributed by atoms with Crippen LogP contribution in [-0.2, 0) is 19.4 Å². The van der Waals surface area contributed by atoms with Crippen LogP contribution in [0.15, 0.2) is 22.7 Å². The first-order valence-electron chi connectivity index (χ1n) is 7.14. The third-order valence-corrected chi connectivity index (χ3v) is 4.31. The second-order valence-electron chi connectivity index (χ2n) is 5.21. The summed E-state index contributed by atoms with van der Waals surface area (Å²) in [4.78, 5) is 12.2. The highest BCUT2D eigenvalue weighted by Crippen LogP contribution is 2.17. The van der Waals surface area contributed by atoms with Crippen LogP contribution in [0.25, 0.3) is 0 Å². The lowest BCUT2D eigenvalue weighted by Crippen LogP contribution is -2.29. The maximum atomic E-state index is 13.2. The summed E-state index contributed by atoms with van der Waals surface area (Å²) < 4.78 is 13.6. The summed E-state index contributed by atoms with van der Waals surface area (Å²) in [5, 5.41) is 13.1. The molecule has 0 spiro atoms. The Labute approximate surface area is 135 Å². The average Bonchev–Trinajstić information content (AvgIpc) is 2.95. The Bertz CT molecular complexity index is 701. The van der Waals surface area contributed by atoms with Gasteiger partial charge in [-0.3, -0.25) is 9.89 Å². The molecule has 7 heteroatoms. The molecule has 0 saturated heterocycles. The van der Waals surface area contributed by atoms with Crippen molar-refractivity contribution in [3.63, 3.8) is 0 Å². The second-order valence-corrected chi connectivity index (χ2v) is 6.06. The fourth-order valence-electron chi connectivity index (χ4n) is 2.51. The van der Waals surface area contributed by atoms with Gasteiger partial charge in [0, 0.05) is 37.3 Å². The van der Waals surface area contributed by atoms with Gasteiger partial charge in [-0.2, -0.15) is 5.10 Å². The molecule has 22 heavy (non-hydrogen) atoms. The minimum Gasteiger partial charge on any atom is -0.350 e. The van der Waals surface area contributed by atoms with Crippen molar-refractivity contribution in [1.29, 1.82) is 0 Å². The molecule has 0 bridgehead atoms. The molecule has 0 aliphatic carbocycles. The standard InChI is InChI=1S/C15H16BrFN4O/c16-11-7-9(1-2-12(11)17)3-6-19-15(22)14-10-8-18-5-4-13(10)20-21-14/h1-2,7,18H,3-6,8H2,(H,19,22)(H,20,21). The van der Waals surface area contributed by atoms with E-state index in [-0.39, 0.29) is 11.7 Å². The van der Waals surface area contributed by atoms with Crippen molar-refractivity contribution in [1.82, 2.24) is 20.8 Å². The first-order chi connectivity index (χ1) is 10.6. The van der Waals surface area contributed by atoms with Gasteiger partial charge >= 0.3 is 0 Å². The lowest BCUT2D eigenvalue weighted by Gasteiger charge is -2.12. The molecule has 1 aromatic heterocycles. The van der Waals surface area contributed by atoms with E-state index in [2.05, 4.69) is 36.8 Å². The number of nitrogens with one attached hydrogen (secondary N) is 3. The molecule has 1 aliphatic rings. The third kappa shape index (κ3) is 3.20. The van der Waals surface area contributed by atoms with Crippen molar-refractivity contribution in [2.24, 2.45) is 0 Å². The maximum absolute atomic E-state index is 13.2. The van der Waals surface area contributed by atoms with Crippen molar-refractivity contribution >= 4 is 21.8 Å². The van der Waals surface area contributed by atoms with Crippen LogP contribution in [0, 0.1) is 5.82 Å². The number of carbonyl (C=O) groups excluding carboxylic acids is 1. The number of aromatic amines is 1. The number of hydrogen-bond donors (Lipinski definition) is 3. The normalized spacial score (nSPS) is 13.7. The molecule has 2 aromatic rings. The Morgan fingerprint density at radius 2 is 2.32 bits per heavy atom. The van der Waals surface area contributed by atoms with E-state index in [1.165, 1.54) is 6.07 Å². The number of fused-ring (bicyclic) bond motifs is 1. The molecule has 3 rings (SSSR count). The van der Waals surface area contributed by atoms with Crippen molar-refractivity contribution < 1.29 is 9.18 Å². The number of H-pyrrole nitrogens is 1. The fourth-order valence-corrected chi connectivity index (χ4v) is 2.94. The highest BCUT2D eigenvalue weighted by molar-refractivity contribution is 9.10. The number of benzene rings is 1. The summed E-state index contributed by atoms with van der Waals surface area (Å²) in [7, 11) is 0. The molecule has 3 N–H and O–H groups in total. The van der Waals surface area contributed by atoms with E-state index in [1.807, 2.05) is 0 Å². The summed E-state index contributed by atoms with van der Waals surface area (Å²) in [6.07, 6.45) is 1.49. The average molecular weight is 367 g/mol. The predicted octanol–water partition coefficient (Wildman–Crippen LogP) is 1.93. The summed E-state index contributed by atoms with van der Waals surface area (Å²) >= 11 is 3.16. The molecule has 1 aromatic carbocycles.